The van der Waals surface area contributed by atoms with E-state index in [1.165, 1.54) is 5.69 Å². The van der Waals surface area contributed by atoms with Crippen molar-refractivity contribution < 1.29 is 4.74 Å². The van der Waals surface area contributed by atoms with Crippen LogP contribution in [0.4, 0.5) is 5.69 Å². The summed E-state index contributed by atoms with van der Waals surface area (Å²) < 4.78 is 7.90. The van der Waals surface area contributed by atoms with Crippen LogP contribution in [0.3, 0.4) is 0 Å². The summed E-state index contributed by atoms with van der Waals surface area (Å²) in [6.45, 7) is 6.81. The average Bonchev–Trinajstić information content (AvgIpc) is 2.97. The van der Waals surface area contributed by atoms with E-state index in [1.807, 2.05) is 42.9 Å². The Kier molecular flexibility index (Phi) is 5.50. The number of halogens is 1. The number of anilines is 1. The predicted molar refractivity (Wildman–Crippen MR) is 111 cm³/mol. The molecule has 0 unspecified atom stereocenters. The minimum Gasteiger partial charge on any atom is -0.437 e. The third-order valence-corrected chi connectivity index (χ3v) is 5.34. The van der Waals surface area contributed by atoms with Gasteiger partial charge in [0.15, 0.2) is 0 Å². The van der Waals surface area contributed by atoms with Gasteiger partial charge in [-0.3, -0.25) is 9.88 Å². The van der Waals surface area contributed by atoms with Gasteiger partial charge in [0.05, 0.1) is 17.5 Å². The van der Waals surface area contributed by atoms with Crippen LogP contribution in [0, 0.1) is 6.92 Å². The van der Waals surface area contributed by atoms with Crippen LogP contribution in [0.15, 0.2) is 48.8 Å². The van der Waals surface area contributed by atoms with Crippen molar-refractivity contribution in [1.29, 1.82) is 0 Å². The number of rotatable bonds is 5. The highest BCUT2D eigenvalue weighted by Gasteiger charge is 2.22. The second-order valence-electron chi connectivity index (χ2n) is 7.02. The van der Waals surface area contributed by atoms with E-state index in [2.05, 4.69) is 32.0 Å². The fourth-order valence-corrected chi connectivity index (χ4v) is 3.68. The fourth-order valence-electron chi connectivity index (χ4n) is 3.55. The zero-order valence-electron chi connectivity index (χ0n) is 16.2. The highest BCUT2D eigenvalue weighted by Crippen LogP contribution is 2.28. The van der Waals surface area contributed by atoms with Gasteiger partial charge in [0, 0.05) is 56.7 Å². The van der Waals surface area contributed by atoms with Gasteiger partial charge in [-0.05, 0) is 43.3 Å². The quantitative estimate of drug-likeness (QED) is 0.653. The first-order valence-corrected chi connectivity index (χ1v) is 9.81. The summed E-state index contributed by atoms with van der Waals surface area (Å²) >= 11 is 6.00. The Balaban J connectivity index is 1.43. The van der Waals surface area contributed by atoms with Crippen LogP contribution in [-0.4, -0.2) is 45.8 Å². The van der Waals surface area contributed by atoms with Gasteiger partial charge in [0.1, 0.15) is 5.75 Å². The van der Waals surface area contributed by atoms with Crippen LogP contribution in [0.5, 0.6) is 11.6 Å². The first kappa shape index (κ1) is 18.8. The normalized spacial score (nSPS) is 15.0. The maximum atomic E-state index is 6.09. The molecule has 0 amide bonds. The SMILES string of the molecule is Cc1nn(C)c(Oc2cccnc2)c1CN1CCN(c2ccc(Cl)cc2)CC1. The molecule has 28 heavy (non-hydrogen) atoms. The lowest BCUT2D eigenvalue weighted by atomic mass is 10.2. The lowest BCUT2D eigenvalue weighted by molar-refractivity contribution is 0.246. The van der Waals surface area contributed by atoms with E-state index in [-0.39, 0.29) is 0 Å². The number of piperazine rings is 1. The number of benzene rings is 1. The monoisotopic (exact) mass is 397 g/mol. The standard InChI is InChI=1S/C21H24ClN5O/c1-16-20(21(25(2)24-16)28-19-4-3-9-23-14-19)15-26-10-12-27(13-11-26)18-7-5-17(22)6-8-18/h3-9,14H,10-13,15H2,1-2H3. The summed E-state index contributed by atoms with van der Waals surface area (Å²) in [5.74, 6) is 1.50. The lowest BCUT2D eigenvalue weighted by Crippen LogP contribution is -2.46. The summed E-state index contributed by atoms with van der Waals surface area (Å²) in [4.78, 5) is 8.98. The Labute approximate surface area is 170 Å². The van der Waals surface area contributed by atoms with E-state index in [1.54, 1.807) is 12.4 Å². The van der Waals surface area contributed by atoms with Gasteiger partial charge in [-0.15, -0.1) is 0 Å². The molecule has 0 atom stereocenters. The van der Waals surface area contributed by atoms with E-state index in [0.29, 0.717) is 0 Å². The number of nitrogens with zero attached hydrogens (tertiary/aromatic N) is 5. The molecule has 4 rings (SSSR count). The number of aromatic nitrogens is 3. The van der Waals surface area contributed by atoms with Crippen molar-refractivity contribution in [3.05, 3.63) is 65.1 Å². The number of ether oxygens (including phenoxy) is 1. The summed E-state index contributed by atoms with van der Waals surface area (Å²) in [7, 11) is 1.92. The van der Waals surface area contributed by atoms with Crippen LogP contribution in [0.2, 0.25) is 5.02 Å². The summed E-state index contributed by atoms with van der Waals surface area (Å²) in [6.07, 6.45) is 3.46. The second kappa shape index (κ2) is 8.20. The zero-order chi connectivity index (χ0) is 19.5. The van der Waals surface area contributed by atoms with Gasteiger partial charge < -0.3 is 9.64 Å². The smallest absolute Gasteiger partial charge is 0.222 e. The minimum atomic E-state index is 0.722. The summed E-state index contributed by atoms with van der Waals surface area (Å²) in [6, 6.07) is 11.8. The molecule has 3 heterocycles. The topological polar surface area (TPSA) is 46.4 Å². The van der Waals surface area contributed by atoms with E-state index < -0.39 is 0 Å². The van der Waals surface area contributed by atoms with Gasteiger partial charge in [-0.2, -0.15) is 5.10 Å². The molecule has 6 nitrogen and oxygen atoms in total. The number of aryl methyl sites for hydroxylation is 2. The Morgan fingerprint density at radius 1 is 1.07 bits per heavy atom. The number of pyridine rings is 1. The Morgan fingerprint density at radius 2 is 1.82 bits per heavy atom. The number of hydrogen-bond acceptors (Lipinski definition) is 5. The Hall–Kier alpha value is -2.57. The average molecular weight is 398 g/mol. The molecular weight excluding hydrogens is 374 g/mol. The predicted octanol–water partition coefficient (Wildman–Crippen LogP) is 3.89. The maximum absolute atomic E-state index is 6.09. The molecule has 0 radical (unpaired) electrons. The van der Waals surface area contributed by atoms with Crippen molar-refractivity contribution in [2.75, 3.05) is 31.1 Å². The van der Waals surface area contributed by atoms with Gasteiger partial charge >= 0.3 is 0 Å². The lowest BCUT2D eigenvalue weighted by Gasteiger charge is -2.36. The van der Waals surface area contributed by atoms with Gasteiger partial charge in [0.25, 0.3) is 0 Å². The van der Waals surface area contributed by atoms with Crippen LogP contribution in [-0.2, 0) is 13.6 Å². The van der Waals surface area contributed by atoms with Crippen molar-refractivity contribution in [2.45, 2.75) is 13.5 Å². The molecule has 1 aliphatic heterocycles. The van der Waals surface area contributed by atoms with E-state index in [0.717, 1.165) is 60.6 Å². The fraction of sp³-hybridized carbons (Fsp3) is 0.333. The van der Waals surface area contributed by atoms with Gasteiger partial charge in [-0.25, -0.2) is 4.68 Å². The molecule has 3 aromatic rings. The first-order valence-electron chi connectivity index (χ1n) is 9.43. The molecular formula is C21H24ClN5O. The molecule has 7 heteroatoms. The first-order chi connectivity index (χ1) is 13.6. The van der Waals surface area contributed by atoms with Gasteiger partial charge in [0.2, 0.25) is 5.88 Å². The highest BCUT2D eigenvalue weighted by molar-refractivity contribution is 6.30. The Morgan fingerprint density at radius 3 is 2.50 bits per heavy atom. The molecule has 0 spiro atoms. The molecule has 0 bridgehead atoms. The minimum absolute atomic E-state index is 0.722. The van der Waals surface area contributed by atoms with E-state index in [4.69, 9.17) is 16.3 Å². The molecule has 0 saturated carbocycles. The van der Waals surface area contributed by atoms with Crippen molar-refractivity contribution in [3.8, 4) is 11.6 Å². The van der Waals surface area contributed by atoms with E-state index in [9.17, 15) is 0 Å². The van der Waals surface area contributed by atoms with Crippen molar-refractivity contribution in [1.82, 2.24) is 19.7 Å². The second-order valence-corrected chi connectivity index (χ2v) is 7.46. The molecule has 1 saturated heterocycles. The van der Waals surface area contributed by atoms with Gasteiger partial charge in [-0.1, -0.05) is 11.6 Å². The molecule has 0 N–H and O–H groups in total. The molecule has 1 aromatic carbocycles. The molecule has 1 fully saturated rings. The summed E-state index contributed by atoms with van der Waals surface area (Å²) in [5, 5.41) is 5.34. The molecule has 1 aliphatic rings. The third-order valence-electron chi connectivity index (χ3n) is 5.08. The maximum Gasteiger partial charge on any atom is 0.222 e. The van der Waals surface area contributed by atoms with Crippen molar-refractivity contribution in [2.24, 2.45) is 7.05 Å². The third kappa shape index (κ3) is 4.13. The van der Waals surface area contributed by atoms with Crippen molar-refractivity contribution in [3.63, 3.8) is 0 Å². The zero-order valence-corrected chi connectivity index (χ0v) is 16.9. The van der Waals surface area contributed by atoms with Crippen molar-refractivity contribution >= 4 is 17.3 Å². The Bertz CT molecular complexity index is 918. The van der Waals surface area contributed by atoms with Crippen LogP contribution in [0.25, 0.3) is 0 Å². The van der Waals surface area contributed by atoms with E-state index >= 15 is 0 Å². The highest BCUT2D eigenvalue weighted by atomic mass is 35.5. The molecule has 0 aliphatic carbocycles. The number of hydrogen-bond donors (Lipinski definition) is 0. The van der Waals surface area contributed by atoms with Crippen LogP contribution in [0.1, 0.15) is 11.3 Å². The summed E-state index contributed by atoms with van der Waals surface area (Å²) in [5.41, 5.74) is 3.36. The molecule has 146 valence electrons. The largest absolute Gasteiger partial charge is 0.437 e. The van der Waals surface area contributed by atoms with Crippen LogP contribution < -0.4 is 9.64 Å². The van der Waals surface area contributed by atoms with Crippen LogP contribution >= 0.6 is 11.6 Å². The molecule has 2 aromatic heterocycles.